The Kier molecular flexibility index (Phi) is 4.65. The minimum absolute atomic E-state index is 0. The van der Waals surface area contributed by atoms with Crippen LogP contribution in [0.4, 0.5) is 0 Å². The van der Waals surface area contributed by atoms with Crippen molar-refractivity contribution in [2.24, 2.45) is 0 Å². The van der Waals surface area contributed by atoms with Crippen LogP contribution in [0.15, 0.2) is 24.5 Å². The molecule has 0 bridgehead atoms. The standard InChI is InChI=1S/C6H6ClN.H3P/c7-4-6-2-1-3-8-5-6;/h1-3,5H,4H2;1H3. The molecule has 0 spiro atoms. The van der Waals surface area contributed by atoms with Gasteiger partial charge in [-0.25, -0.2) is 0 Å². The van der Waals surface area contributed by atoms with Crippen LogP contribution < -0.4 is 0 Å². The highest BCUT2D eigenvalue weighted by Crippen LogP contribution is 1.98. The highest BCUT2D eigenvalue weighted by molar-refractivity contribution is 6.92. The van der Waals surface area contributed by atoms with Crippen LogP contribution in [0.25, 0.3) is 0 Å². The summed E-state index contributed by atoms with van der Waals surface area (Å²) in [6.07, 6.45) is 3.49. The second-order valence-electron chi connectivity index (χ2n) is 1.49. The van der Waals surface area contributed by atoms with Gasteiger partial charge in [-0.2, -0.15) is 9.90 Å². The van der Waals surface area contributed by atoms with E-state index in [9.17, 15) is 0 Å². The summed E-state index contributed by atoms with van der Waals surface area (Å²) >= 11 is 5.49. The first-order valence-corrected chi connectivity index (χ1v) is 2.92. The maximum absolute atomic E-state index is 5.49. The maximum atomic E-state index is 5.49. The van der Waals surface area contributed by atoms with Crippen LogP contribution in [-0.2, 0) is 5.88 Å². The van der Waals surface area contributed by atoms with Crippen molar-refractivity contribution < 1.29 is 0 Å². The van der Waals surface area contributed by atoms with E-state index in [4.69, 9.17) is 11.6 Å². The van der Waals surface area contributed by atoms with Crippen molar-refractivity contribution in [1.29, 1.82) is 0 Å². The molecular weight excluding hydrogens is 152 g/mol. The summed E-state index contributed by atoms with van der Waals surface area (Å²) in [5.41, 5.74) is 1.06. The molecule has 0 saturated heterocycles. The van der Waals surface area contributed by atoms with Gasteiger partial charge in [-0.1, -0.05) is 6.07 Å². The van der Waals surface area contributed by atoms with E-state index in [0.29, 0.717) is 5.88 Å². The van der Waals surface area contributed by atoms with Gasteiger partial charge in [0, 0.05) is 18.3 Å². The number of hydrogen-bond donors (Lipinski definition) is 0. The molecule has 0 amide bonds. The Morgan fingerprint density at radius 2 is 2.33 bits per heavy atom. The molecule has 1 nitrogen and oxygen atoms in total. The summed E-state index contributed by atoms with van der Waals surface area (Å²) in [4.78, 5) is 3.87. The molecule has 3 heteroatoms. The van der Waals surface area contributed by atoms with Gasteiger partial charge in [-0.3, -0.25) is 4.98 Å². The molecule has 1 aromatic rings. The fraction of sp³-hybridized carbons (Fsp3) is 0.167. The van der Waals surface area contributed by atoms with Crippen LogP contribution in [0.1, 0.15) is 5.56 Å². The number of aromatic nitrogens is 1. The van der Waals surface area contributed by atoms with Crippen molar-refractivity contribution in [1.82, 2.24) is 4.98 Å². The molecule has 0 aliphatic rings. The van der Waals surface area contributed by atoms with Gasteiger partial charge < -0.3 is 0 Å². The fourth-order valence-electron chi connectivity index (χ4n) is 0.477. The lowest BCUT2D eigenvalue weighted by Gasteiger charge is -1.87. The summed E-state index contributed by atoms with van der Waals surface area (Å²) < 4.78 is 0. The molecule has 0 saturated carbocycles. The van der Waals surface area contributed by atoms with Gasteiger partial charge in [0.15, 0.2) is 0 Å². The van der Waals surface area contributed by atoms with Crippen LogP contribution in [0.5, 0.6) is 0 Å². The highest BCUT2D eigenvalue weighted by atomic mass is 35.5. The van der Waals surface area contributed by atoms with Crippen molar-refractivity contribution in [3.05, 3.63) is 30.1 Å². The number of alkyl halides is 1. The topological polar surface area (TPSA) is 12.9 Å². The fourth-order valence-corrected chi connectivity index (χ4v) is 0.635. The van der Waals surface area contributed by atoms with Gasteiger partial charge in [-0.15, -0.1) is 11.6 Å². The molecule has 50 valence electrons. The van der Waals surface area contributed by atoms with Gasteiger partial charge in [0.25, 0.3) is 0 Å². The number of rotatable bonds is 1. The van der Waals surface area contributed by atoms with Gasteiger partial charge in [0.1, 0.15) is 0 Å². The zero-order valence-electron chi connectivity index (χ0n) is 5.05. The summed E-state index contributed by atoms with van der Waals surface area (Å²) in [5, 5.41) is 0. The molecule has 1 heterocycles. The number of halogens is 1. The third-order valence-corrected chi connectivity index (χ3v) is 1.19. The van der Waals surface area contributed by atoms with E-state index >= 15 is 0 Å². The van der Waals surface area contributed by atoms with Crippen molar-refractivity contribution in [2.45, 2.75) is 5.88 Å². The summed E-state index contributed by atoms with van der Waals surface area (Å²) in [6.45, 7) is 0. The third kappa shape index (κ3) is 2.78. The second kappa shape index (κ2) is 4.72. The first-order valence-electron chi connectivity index (χ1n) is 2.38. The van der Waals surface area contributed by atoms with Crippen molar-refractivity contribution in [3.8, 4) is 0 Å². The lowest BCUT2D eigenvalue weighted by atomic mass is 10.3. The largest absolute Gasteiger partial charge is 0.264 e. The predicted octanol–water partition coefficient (Wildman–Crippen LogP) is 1.88. The van der Waals surface area contributed by atoms with E-state index in [2.05, 4.69) is 4.98 Å². The van der Waals surface area contributed by atoms with Gasteiger partial charge in [0.05, 0.1) is 0 Å². The van der Waals surface area contributed by atoms with Crippen molar-refractivity contribution in [3.63, 3.8) is 0 Å². The van der Waals surface area contributed by atoms with E-state index in [-0.39, 0.29) is 9.90 Å². The molecule has 0 aliphatic carbocycles. The van der Waals surface area contributed by atoms with E-state index in [1.165, 1.54) is 0 Å². The molecule has 0 aromatic carbocycles. The van der Waals surface area contributed by atoms with Crippen molar-refractivity contribution >= 4 is 21.5 Å². The molecule has 0 fully saturated rings. The first kappa shape index (κ1) is 8.87. The van der Waals surface area contributed by atoms with Gasteiger partial charge >= 0.3 is 0 Å². The molecule has 9 heavy (non-hydrogen) atoms. The molecule has 1 unspecified atom stereocenters. The van der Waals surface area contributed by atoms with E-state index < -0.39 is 0 Å². The Hall–Kier alpha value is -0.130. The number of pyridine rings is 1. The molecule has 1 atom stereocenters. The first-order chi connectivity index (χ1) is 3.93. The van der Waals surface area contributed by atoms with Crippen LogP contribution >= 0.6 is 21.5 Å². The number of hydrogen-bond acceptors (Lipinski definition) is 1. The normalized spacial score (nSPS) is 8.11. The molecule has 0 aliphatic heterocycles. The molecular formula is C6H9ClNP. The van der Waals surface area contributed by atoms with Crippen LogP contribution in [-0.4, -0.2) is 4.98 Å². The van der Waals surface area contributed by atoms with E-state index in [1.807, 2.05) is 12.1 Å². The Morgan fingerprint density at radius 3 is 2.67 bits per heavy atom. The monoisotopic (exact) mass is 161 g/mol. The van der Waals surface area contributed by atoms with Crippen molar-refractivity contribution in [2.75, 3.05) is 0 Å². The lowest BCUT2D eigenvalue weighted by molar-refractivity contribution is 1.25. The second-order valence-corrected chi connectivity index (χ2v) is 1.76. The molecule has 0 radical (unpaired) electrons. The van der Waals surface area contributed by atoms with Crippen LogP contribution in [0.2, 0.25) is 0 Å². The Balaban J connectivity index is 0.000000640. The molecule has 0 N–H and O–H groups in total. The lowest BCUT2D eigenvalue weighted by Crippen LogP contribution is -1.75. The smallest absolute Gasteiger partial charge is 0.0489 e. The Morgan fingerprint density at radius 1 is 1.56 bits per heavy atom. The Bertz CT molecular complexity index is 154. The summed E-state index contributed by atoms with van der Waals surface area (Å²) in [5.74, 6) is 0.549. The highest BCUT2D eigenvalue weighted by Gasteiger charge is 1.82. The van der Waals surface area contributed by atoms with Crippen LogP contribution in [0.3, 0.4) is 0 Å². The third-order valence-electron chi connectivity index (χ3n) is 0.877. The van der Waals surface area contributed by atoms with E-state index in [1.54, 1.807) is 12.4 Å². The average Bonchev–Trinajstić information content (AvgIpc) is 1.90. The maximum Gasteiger partial charge on any atom is 0.0489 e. The van der Waals surface area contributed by atoms with Crippen LogP contribution in [0, 0.1) is 0 Å². The van der Waals surface area contributed by atoms with E-state index in [0.717, 1.165) is 5.56 Å². The zero-order chi connectivity index (χ0) is 5.82. The predicted molar refractivity (Wildman–Crippen MR) is 44.9 cm³/mol. The van der Waals surface area contributed by atoms with Gasteiger partial charge in [-0.05, 0) is 11.6 Å². The van der Waals surface area contributed by atoms with Gasteiger partial charge in [0.2, 0.25) is 0 Å². The summed E-state index contributed by atoms with van der Waals surface area (Å²) in [7, 11) is 0. The molecule has 1 aromatic heterocycles. The minimum Gasteiger partial charge on any atom is -0.264 e. The number of nitrogens with zero attached hydrogens (tertiary/aromatic N) is 1. The zero-order valence-corrected chi connectivity index (χ0v) is 7.22. The minimum atomic E-state index is 0. The molecule has 1 rings (SSSR count). The average molecular weight is 162 g/mol. The SMILES string of the molecule is ClCc1cccnc1.P. The summed E-state index contributed by atoms with van der Waals surface area (Å²) in [6, 6.07) is 3.82. The quantitative estimate of drug-likeness (QED) is 0.453. The Labute approximate surface area is 63.1 Å².